The number of phenolic OH excluding ortho intramolecular Hbond substituents is 1. The van der Waals surface area contributed by atoms with Gasteiger partial charge in [0.2, 0.25) is 5.75 Å². The minimum Gasteiger partial charge on any atom is -0.502 e. The Morgan fingerprint density at radius 1 is 1.13 bits per heavy atom. The van der Waals surface area contributed by atoms with Crippen LogP contribution in [-0.4, -0.2) is 16.2 Å². The highest BCUT2D eigenvalue weighted by Crippen LogP contribution is 2.33. The van der Waals surface area contributed by atoms with E-state index >= 15 is 0 Å². The maximum atomic E-state index is 11.0. The molecule has 6 heteroatoms. The first kappa shape index (κ1) is 15.2. The van der Waals surface area contributed by atoms with Gasteiger partial charge in [-0.1, -0.05) is 52.3 Å². The third-order valence-electron chi connectivity index (χ3n) is 3.39. The first-order chi connectivity index (χ1) is 11.1. The van der Waals surface area contributed by atoms with Crippen molar-refractivity contribution < 1.29 is 10.0 Å². The van der Waals surface area contributed by atoms with E-state index in [2.05, 4.69) is 20.9 Å². The van der Waals surface area contributed by atoms with Crippen LogP contribution in [0.4, 0.5) is 11.4 Å². The molecule has 114 valence electrons. The van der Waals surface area contributed by atoms with E-state index in [9.17, 15) is 15.2 Å². The minimum absolute atomic E-state index is 0.277. The molecule has 1 N–H and O–H groups in total. The maximum absolute atomic E-state index is 11.0. The number of rotatable bonds is 3. The zero-order valence-corrected chi connectivity index (χ0v) is 13.4. The summed E-state index contributed by atoms with van der Waals surface area (Å²) in [4.78, 5) is 14.7. The Morgan fingerprint density at radius 3 is 2.65 bits per heavy atom. The molecule has 0 aliphatic carbocycles. The van der Waals surface area contributed by atoms with Gasteiger partial charge in [-0.15, -0.1) is 0 Å². The Hall–Kier alpha value is -2.73. The van der Waals surface area contributed by atoms with Gasteiger partial charge in [-0.25, -0.2) is 0 Å². The van der Waals surface area contributed by atoms with Gasteiger partial charge >= 0.3 is 5.69 Å². The fourth-order valence-corrected chi connectivity index (χ4v) is 2.77. The summed E-state index contributed by atoms with van der Waals surface area (Å²) >= 11 is 3.20. The highest BCUT2D eigenvalue weighted by atomic mass is 79.9. The molecular formula is C17H11BrN2O3. The Morgan fingerprint density at radius 2 is 1.87 bits per heavy atom. The molecule has 0 radical (unpaired) electrons. The van der Waals surface area contributed by atoms with Crippen molar-refractivity contribution in [3.05, 3.63) is 74.7 Å². The van der Waals surface area contributed by atoms with Crippen molar-refractivity contribution in [1.29, 1.82) is 0 Å². The summed E-state index contributed by atoms with van der Waals surface area (Å²) in [6, 6.07) is 16.3. The average Bonchev–Trinajstić information content (AvgIpc) is 2.55. The molecule has 0 saturated heterocycles. The van der Waals surface area contributed by atoms with E-state index in [4.69, 9.17) is 0 Å². The minimum atomic E-state index is -0.630. The second kappa shape index (κ2) is 6.18. The number of aromatic hydroxyl groups is 1. The van der Waals surface area contributed by atoms with Crippen molar-refractivity contribution >= 4 is 44.3 Å². The molecule has 5 nitrogen and oxygen atoms in total. The SMILES string of the molecule is O=[N+]([O-])c1cc(Br)cc(C=Nc2cccc3ccccc23)c1O. The van der Waals surface area contributed by atoms with Crippen molar-refractivity contribution in [2.45, 2.75) is 0 Å². The number of halogens is 1. The summed E-state index contributed by atoms with van der Waals surface area (Å²) < 4.78 is 0.501. The Bertz CT molecular complexity index is 933. The van der Waals surface area contributed by atoms with Gasteiger partial charge in [0, 0.05) is 27.7 Å². The van der Waals surface area contributed by atoms with Crippen LogP contribution in [0.2, 0.25) is 0 Å². The first-order valence-electron chi connectivity index (χ1n) is 6.75. The summed E-state index contributed by atoms with van der Waals surface area (Å²) in [5, 5.41) is 23.0. The van der Waals surface area contributed by atoms with Crippen LogP contribution < -0.4 is 0 Å². The van der Waals surface area contributed by atoms with Crippen LogP contribution in [0.1, 0.15) is 5.56 Å². The Balaban J connectivity index is 2.08. The lowest BCUT2D eigenvalue weighted by molar-refractivity contribution is -0.385. The fraction of sp³-hybridized carbons (Fsp3) is 0. The highest BCUT2D eigenvalue weighted by molar-refractivity contribution is 9.10. The van der Waals surface area contributed by atoms with Gasteiger partial charge < -0.3 is 5.11 Å². The Kier molecular flexibility index (Phi) is 4.08. The van der Waals surface area contributed by atoms with E-state index in [0.717, 1.165) is 16.5 Å². The Labute approximate surface area is 140 Å². The molecule has 0 amide bonds. The second-order valence-electron chi connectivity index (χ2n) is 4.88. The first-order valence-corrected chi connectivity index (χ1v) is 7.54. The van der Waals surface area contributed by atoms with Crippen molar-refractivity contribution in [3.63, 3.8) is 0 Å². The number of hydrogen-bond acceptors (Lipinski definition) is 4. The number of nitro benzene ring substituents is 1. The summed E-state index contributed by atoms with van der Waals surface area (Å²) in [7, 11) is 0. The molecule has 0 unspecified atom stereocenters. The van der Waals surface area contributed by atoms with E-state index in [-0.39, 0.29) is 11.3 Å². The predicted molar refractivity (Wildman–Crippen MR) is 93.7 cm³/mol. The molecule has 0 aliphatic rings. The third kappa shape index (κ3) is 3.07. The third-order valence-corrected chi connectivity index (χ3v) is 3.85. The number of phenols is 1. The molecule has 3 aromatic rings. The van der Waals surface area contributed by atoms with Gasteiger partial charge in [0.25, 0.3) is 0 Å². The molecule has 0 aromatic heterocycles. The maximum Gasteiger partial charge on any atom is 0.312 e. The molecule has 3 aromatic carbocycles. The van der Waals surface area contributed by atoms with E-state index in [1.54, 1.807) is 6.07 Å². The zero-order chi connectivity index (χ0) is 16.4. The predicted octanol–water partition coefficient (Wildman–Crippen LogP) is 4.97. The lowest BCUT2D eigenvalue weighted by Crippen LogP contribution is -1.92. The van der Waals surface area contributed by atoms with Crippen LogP contribution in [-0.2, 0) is 0 Å². The molecule has 0 heterocycles. The van der Waals surface area contributed by atoms with Gasteiger partial charge in [-0.3, -0.25) is 15.1 Å². The van der Waals surface area contributed by atoms with Gasteiger partial charge in [0.1, 0.15) is 0 Å². The zero-order valence-electron chi connectivity index (χ0n) is 11.8. The van der Waals surface area contributed by atoms with Crippen LogP contribution in [0.25, 0.3) is 10.8 Å². The number of nitro groups is 1. The van der Waals surface area contributed by atoms with Gasteiger partial charge in [0.15, 0.2) is 0 Å². The van der Waals surface area contributed by atoms with E-state index in [1.165, 1.54) is 12.3 Å². The quantitative estimate of drug-likeness (QED) is 0.401. The number of aliphatic imine (C=N–C) groups is 1. The lowest BCUT2D eigenvalue weighted by atomic mass is 10.1. The molecule has 0 bridgehead atoms. The lowest BCUT2D eigenvalue weighted by Gasteiger charge is -2.03. The van der Waals surface area contributed by atoms with Gasteiger partial charge in [0.05, 0.1) is 10.6 Å². The van der Waals surface area contributed by atoms with Crippen molar-refractivity contribution in [3.8, 4) is 5.75 Å². The van der Waals surface area contributed by atoms with E-state index in [1.807, 2.05) is 42.5 Å². The second-order valence-corrected chi connectivity index (χ2v) is 5.79. The van der Waals surface area contributed by atoms with Crippen LogP contribution in [0.3, 0.4) is 0 Å². The van der Waals surface area contributed by atoms with Gasteiger partial charge in [-0.05, 0) is 17.5 Å². The molecule has 0 saturated carbocycles. The van der Waals surface area contributed by atoms with Crippen molar-refractivity contribution in [2.24, 2.45) is 4.99 Å². The van der Waals surface area contributed by atoms with Crippen LogP contribution in [0.15, 0.2) is 64.1 Å². The standard InChI is InChI=1S/C17H11BrN2O3/c18-13-8-12(17(21)16(9-13)20(22)23)10-19-15-7-3-5-11-4-1-2-6-14(11)15/h1-10,21H. The average molecular weight is 371 g/mol. The molecule has 3 rings (SSSR count). The van der Waals surface area contributed by atoms with E-state index in [0.29, 0.717) is 4.47 Å². The molecule has 23 heavy (non-hydrogen) atoms. The molecule has 0 aliphatic heterocycles. The summed E-state index contributed by atoms with van der Waals surface area (Å²) in [6.07, 6.45) is 1.43. The number of benzene rings is 3. The summed E-state index contributed by atoms with van der Waals surface area (Å²) in [5.74, 6) is -0.401. The van der Waals surface area contributed by atoms with Gasteiger partial charge in [-0.2, -0.15) is 0 Å². The molecule has 0 spiro atoms. The topological polar surface area (TPSA) is 75.7 Å². The molecular weight excluding hydrogens is 360 g/mol. The summed E-state index contributed by atoms with van der Waals surface area (Å²) in [5.41, 5.74) is 0.642. The smallest absolute Gasteiger partial charge is 0.312 e. The monoisotopic (exact) mass is 370 g/mol. The van der Waals surface area contributed by atoms with Crippen LogP contribution in [0.5, 0.6) is 5.75 Å². The van der Waals surface area contributed by atoms with Crippen molar-refractivity contribution in [1.82, 2.24) is 0 Å². The summed E-state index contributed by atoms with van der Waals surface area (Å²) in [6.45, 7) is 0. The van der Waals surface area contributed by atoms with Crippen LogP contribution in [0, 0.1) is 10.1 Å². The molecule has 0 atom stereocenters. The molecule has 0 fully saturated rings. The number of hydrogen-bond donors (Lipinski definition) is 1. The number of fused-ring (bicyclic) bond motifs is 1. The van der Waals surface area contributed by atoms with Crippen LogP contribution >= 0.6 is 15.9 Å². The fourth-order valence-electron chi connectivity index (χ4n) is 2.30. The normalized spacial score (nSPS) is 11.2. The van der Waals surface area contributed by atoms with E-state index < -0.39 is 10.7 Å². The highest BCUT2D eigenvalue weighted by Gasteiger charge is 2.17. The largest absolute Gasteiger partial charge is 0.502 e. The number of nitrogens with zero attached hydrogens (tertiary/aromatic N) is 2. The van der Waals surface area contributed by atoms with Crippen molar-refractivity contribution in [2.75, 3.05) is 0 Å².